The van der Waals surface area contributed by atoms with Crippen molar-refractivity contribution in [2.45, 2.75) is 13.3 Å². The summed E-state index contributed by atoms with van der Waals surface area (Å²) in [5.74, 6) is 2.85. The van der Waals surface area contributed by atoms with Crippen molar-refractivity contribution >= 4 is 0 Å². The van der Waals surface area contributed by atoms with E-state index in [0.29, 0.717) is 24.6 Å². The first-order valence-electron chi connectivity index (χ1n) is 6.08. The molecule has 0 amide bonds. The first-order valence-corrected chi connectivity index (χ1v) is 6.08. The van der Waals surface area contributed by atoms with E-state index < -0.39 is 0 Å². The normalized spacial score (nSPS) is 10.5. The molecular weight excluding hydrogens is 244 g/mol. The smallest absolute Gasteiger partial charge is 0.196 e. The van der Waals surface area contributed by atoms with Crippen molar-refractivity contribution in [2.24, 2.45) is 5.73 Å². The Morgan fingerprint density at radius 2 is 2.05 bits per heavy atom. The van der Waals surface area contributed by atoms with Crippen LogP contribution in [0.1, 0.15) is 11.7 Å². The number of nitrogens with zero attached hydrogens (tertiary/aromatic N) is 1. The zero-order chi connectivity index (χ0) is 13.8. The zero-order valence-corrected chi connectivity index (χ0v) is 11.4. The second-order valence-corrected chi connectivity index (χ2v) is 4.12. The van der Waals surface area contributed by atoms with Crippen LogP contribution >= 0.6 is 0 Å². The summed E-state index contributed by atoms with van der Waals surface area (Å²) in [5.41, 5.74) is 7.17. The average molecular weight is 262 g/mol. The van der Waals surface area contributed by atoms with Crippen molar-refractivity contribution in [3.63, 3.8) is 0 Å². The highest BCUT2D eigenvalue weighted by Gasteiger charge is 2.15. The molecule has 0 bridgehead atoms. The Morgan fingerprint density at radius 1 is 1.26 bits per heavy atom. The largest absolute Gasteiger partial charge is 0.497 e. The standard InChI is InChI=1S/C14H18N2O3/c1-9-14(16-13(19-9)6-7-15)11-5-4-10(17-2)8-12(11)18-3/h4-5,8H,6-7,15H2,1-3H3. The zero-order valence-electron chi connectivity index (χ0n) is 11.4. The number of rotatable bonds is 5. The van der Waals surface area contributed by atoms with Gasteiger partial charge in [0.1, 0.15) is 23.0 Å². The van der Waals surface area contributed by atoms with Gasteiger partial charge in [-0.15, -0.1) is 0 Å². The van der Waals surface area contributed by atoms with Crippen LogP contribution in [0.4, 0.5) is 0 Å². The van der Waals surface area contributed by atoms with Gasteiger partial charge in [0, 0.05) is 24.6 Å². The van der Waals surface area contributed by atoms with Crippen molar-refractivity contribution in [3.8, 4) is 22.8 Å². The summed E-state index contributed by atoms with van der Waals surface area (Å²) in [6.07, 6.45) is 0.624. The molecule has 2 N–H and O–H groups in total. The minimum Gasteiger partial charge on any atom is -0.497 e. The first-order chi connectivity index (χ1) is 9.19. The van der Waals surface area contributed by atoms with E-state index >= 15 is 0 Å². The Morgan fingerprint density at radius 3 is 2.68 bits per heavy atom. The molecule has 0 atom stereocenters. The third-order valence-corrected chi connectivity index (χ3v) is 2.86. The molecule has 0 radical (unpaired) electrons. The van der Waals surface area contributed by atoms with Gasteiger partial charge in [0.15, 0.2) is 5.89 Å². The second kappa shape index (κ2) is 5.75. The number of nitrogens with two attached hydrogens (primary N) is 1. The van der Waals surface area contributed by atoms with Crippen molar-refractivity contribution in [2.75, 3.05) is 20.8 Å². The highest BCUT2D eigenvalue weighted by molar-refractivity contribution is 5.70. The molecule has 0 aliphatic rings. The molecule has 1 heterocycles. The molecule has 0 unspecified atom stereocenters. The molecule has 0 fully saturated rings. The summed E-state index contributed by atoms with van der Waals surface area (Å²) in [6.45, 7) is 2.39. The van der Waals surface area contributed by atoms with E-state index in [1.165, 1.54) is 0 Å². The molecule has 5 nitrogen and oxygen atoms in total. The number of hydrogen-bond donors (Lipinski definition) is 1. The monoisotopic (exact) mass is 262 g/mol. The van der Waals surface area contributed by atoms with Crippen LogP contribution in [0.5, 0.6) is 11.5 Å². The maximum Gasteiger partial charge on any atom is 0.196 e. The van der Waals surface area contributed by atoms with Gasteiger partial charge in [-0.05, 0) is 19.1 Å². The van der Waals surface area contributed by atoms with Gasteiger partial charge in [-0.2, -0.15) is 0 Å². The van der Waals surface area contributed by atoms with Gasteiger partial charge in [-0.3, -0.25) is 0 Å². The minimum atomic E-state index is 0.513. The second-order valence-electron chi connectivity index (χ2n) is 4.12. The summed E-state index contributed by atoms with van der Waals surface area (Å²) in [4.78, 5) is 4.47. The number of oxazole rings is 1. The Kier molecular flexibility index (Phi) is 4.06. The number of aromatic nitrogens is 1. The molecule has 0 spiro atoms. The first kappa shape index (κ1) is 13.4. The minimum absolute atomic E-state index is 0.513. The molecule has 0 aliphatic heterocycles. The Labute approximate surface area is 112 Å². The Bertz CT molecular complexity index is 564. The van der Waals surface area contributed by atoms with E-state index in [1.54, 1.807) is 14.2 Å². The van der Waals surface area contributed by atoms with Crippen LogP contribution in [0.2, 0.25) is 0 Å². The predicted molar refractivity (Wildman–Crippen MR) is 72.5 cm³/mol. The molecule has 102 valence electrons. The van der Waals surface area contributed by atoms with Crippen LogP contribution in [0.15, 0.2) is 22.6 Å². The summed E-state index contributed by atoms with van der Waals surface area (Å²) < 4.78 is 16.1. The number of aryl methyl sites for hydroxylation is 1. The van der Waals surface area contributed by atoms with E-state index in [1.807, 2.05) is 25.1 Å². The quantitative estimate of drug-likeness (QED) is 0.894. The molecule has 1 aromatic heterocycles. The van der Waals surface area contributed by atoms with Gasteiger partial charge >= 0.3 is 0 Å². The van der Waals surface area contributed by atoms with Gasteiger partial charge in [0.25, 0.3) is 0 Å². The van der Waals surface area contributed by atoms with Crippen molar-refractivity contribution < 1.29 is 13.9 Å². The van der Waals surface area contributed by atoms with Crippen LogP contribution in [0, 0.1) is 6.92 Å². The average Bonchev–Trinajstić information content (AvgIpc) is 2.79. The van der Waals surface area contributed by atoms with Gasteiger partial charge in [0.05, 0.1) is 14.2 Å². The van der Waals surface area contributed by atoms with Crippen LogP contribution in [-0.2, 0) is 6.42 Å². The van der Waals surface area contributed by atoms with Crippen LogP contribution < -0.4 is 15.2 Å². The van der Waals surface area contributed by atoms with E-state index in [-0.39, 0.29) is 0 Å². The van der Waals surface area contributed by atoms with Gasteiger partial charge < -0.3 is 19.6 Å². The molecule has 2 aromatic rings. The molecular formula is C14H18N2O3. The lowest BCUT2D eigenvalue weighted by molar-refractivity contribution is 0.395. The van der Waals surface area contributed by atoms with Crippen molar-refractivity contribution in [3.05, 3.63) is 29.9 Å². The number of benzene rings is 1. The van der Waals surface area contributed by atoms with Crippen LogP contribution in [-0.4, -0.2) is 25.7 Å². The topological polar surface area (TPSA) is 70.5 Å². The SMILES string of the molecule is COc1ccc(-c2nc(CCN)oc2C)c(OC)c1. The molecule has 0 saturated carbocycles. The molecule has 19 heavy (non-hydrogen) atoms. The highest BCUT2D eigenvalue weighted by atomic mass is 16.5. The molecule has 2 rings (SSSR count). The molecule has 0 saturated heterocycles. The fourth-order valence-corrected chi connectivity index (χ4v) is 1.93. The van der Waals surface area contributed by atoms with Gasteiger partial charge in [-0.1, -0.05) is 0 Å². The lowest BCUT2D eigenvalue weighted by Gasteiger charge is -2.08. The molecule has 1 aromatic carbocycles. The molecule has 5 heteroatoms. The Hall–Kier alpha value is -2.01. The maximum atomic E-state index is 5.59. The van der Waals surface area contributed by atoms with E-state index in [4.69, 9.17) is 19.6 Å². The number of hydrogen-bond acceptors (Lipinski definition) is 5. The van der Waals surface area contributed by atoms with Crippen molar-refractivity contribution in [1.29, 1.82) is 0 Å². The number of methoxy groups -OCH3 is 2. The molecule has 0 aliphatic carbocycles. The fraction of sp³-hybridized carbons (Fsp3) is 0.357. The lowest BCUT2D eigenvalue weighted by Crippen LogP contribution is -2.02. The van der Waals surface area contributed by atoms with Gasteiger partial charge in [-0.25, -0.2) is 4.98 Å². The lowest BCUT2D eigenvalue weighted by atomic mass is 10.1. The number of ether oxygens (including phenoxy) is 2. The van der Waals surface area contributed by atoms with E-state index in [9.17, 15) is 0 Å². The summed E-state index contributed by atoms with van der Waals surface area (Å²) in [7, 11) is 3.24. The van der Waals surface area contributed by atoms with Gasteiger partial charge in [0.2, 0.25) is 0 Å². The van der Waals surface area contributed by atoms with Crippen LogP contribution in [0.3, 0.4) is 0 Å². The third kappa shape index (κ3) is 2.71. The summed E-state index contributed by atoms with van der Waals surface area (Å²) in [5, 5.41) is 0. The highest BCUT2D eigenvalue weighted by Crippen LogP contribution is 2.34. The van der Waals surface area contributed by atoms with E-state index in [0.717, 1.165) is 22.8 Å². The maximum absolute atomic E-state index is 5.59. The van der Waals surface area contributed by atoms with Crippen molar-refractivity contribution in [1.82, 2.24) is 4.98 Å². The third-order valence-electron chi connectivity index (χ3n) is 2.86. The van der Waals surface area contributed by atoms with Crippen LogP contribution in [0.25, 0.3) is 11.3 Å². The predicted octanol–water partition coefficient (Wildman–Crippen LogP) is 2.17. The summed E-state index contributed by atoms with van der Waals surface area (Å²) in [6, 6.07) is 5.61. The Balaban J connectivity index is 2.45. The summed E-state index contributed by atoms with van der Waals surface area (Å²) >= 11 is 0. The van der Waals surface area contributed by atoms with E-state index in [2.05, 4.69) is 4.98 Å². The fourth-order valence-electron chi connectivity index (χ4n) is 1.93.